The average molecular weight is 856 g/mol. The second-order valence-electron chi connectivity index (χ2n) is 18.5. The molecular formula is C63H46BN3. The van der Waals surface area contributed by atoms with Crippen LogP contribution in [0, 0.1) is 0 Å². The predicted octanol–water partition coefficient (Wildman–Crippen LogP) is 16.1. The second kappa shape index (κ2) is 15.4. The van der Waals surface area contributed by atoms with Crippen molar-refractivity contribution in [2.75, 3.05) is 14.5 Å². The smallest absolute Gasteiger partial charge is 0.361 e. The molecule has 0 saturated heterocycles. The van der Waals surface area contributed by atoms with E-state index in [1.807, 2.05) is 0 Å². The number of hydrogen-bond acceptors (Lipinski definition) is 3. The van der Waals surface area contributed by atoms with Crippen molar-refractivity contribution >= 4 is 52.3 Å². The monoisotopic (exact) mass is 855 g/mol. The summed E-state index contributed by atoms with van der Waals surface area (Å²) in [5, 5.41) is 0. The third-order valence-corrected chi connectivity index (χ3v) is 14.4. The van der Waals surface area contributed by atoms with Gasteiger partial charge in [-0.15, -0.1) is 0 Å². The van der Waals surface area contributed by atoms with Gasteiger partial charge in [-0.05, 0) is 134 Å². The van der Waals surface area contributed by atoms with Gasteiger partial charge in [0.2, 0.25) is 0 Å². The predicted molar refractivity (Wildman–Crippen MR) is 283 cm³/mol. The standard InChI is InChI=1S/C63H46BN3/c1-63(2)56-28-15-12-27-53(56)61-57(63)29-18-32-60(61)65(47-37-33-44(34-38-47)43-19-6-3-7-20-43)48-39-35-45(36-40-48)46-41-54-51-25-13-16-30-58(51)66(49-21-8-4-9-22-49)64-62(54)55(42-46)52-26-14-17-31-59(52)67(64)50-23-10-5-11-24-50/h3-42H,1-2H3. The van der Waals surface area contributed by atoms with Crippen molar-refractivity contribution < 1.29 is 0 Å². The lowest BCUT2D eigenvalue weighted by atomic mass is 9.53. The summed E-state index contributed by atoms with van der Waals surface area (Å²) in [5.41, 5.74) is 24.4. The summed E-state index contributed by atoms with van der Waals surface area (Å²) < 4.78 is 0. The zero-order valence-electron chi connectivity index (χ0n) is 37.5. The molecule has 0 atom stereocenters. The zero-order chi connectivity index (χ0) is 44.6. The maximum Gasteiger partial charge on any atom is 0.421 e. The van der Waals surface area contributed by atoms with E-state index >= 15 is 0 Å². The number of nitrogens with zero attached hydrogens (tertiary/aromatic N) is 3. The van der Waals surface area contributed by atoms with Crippen molar-refractivity contribution in [2.24, 2.45) is 0 Å². The maximum absolute atomic E-state index is 2.54. The van der Waals surface area contributed by atoms with E-state index in [-0.39, 0.29) is 12.4 Å². The first-order chi connectivity index (χ1) is 33.0. The van der Waals surface area contributed by atoms with Crippen LogP contribution in [0.4, 0.5) is 39.8 Å². The molecule has 0 fully saturated rings. The van der Waals surface area contributed by atoms with Gasteiger partial charge in [0.05, 0.1) is 5.69 Å². The number of hydrogen-bond donors (Lipinski definition) is 0. The molecule has 2 aliphatic heterocycles. The Hall–Kier alpha value is -8.34. The Bertz CT molecular complexity index is 3380. The highest BCUT2D eigenvalue weighted by Gasteiger charge is 2.47. The summed E-state index contributed by atoms with van der Waals surface area (Å²) in [6, 6.07) is 89.4. The van der Waals surface area contributed by atoms with Crippen molar-refractivity contribution in [2.45, 2.75) is 19.3 Å². The van der Waals surface area contributed by atoms with Gasteiger partial charge in [0.25, 0.3) is 0 Å². The van der Waals surface area contributed by atoms with Crippen molar-refractivity contribution in [3.63, 3.8) is 0 Å². The van der Waals surface area contributed by atoms with Crippen LogP contribution in [-0.4, -0.2) is 6.98 Å². The second-order valence-corrected chi connectivity index (χ2v) is 18.5. The Balaban J connectivity index is 0.986. The minimum Gasteiger partial charge on any atom is -0.361 e. The summed E-state index contributed by atoms with van der Waals surface area (Å²) in [6.45, 7) is 4.59. The van der Waals surface area contributed by atoms with Crippen LogP contribution in [0.5, 0.6) is 0 Å². The van der Waals surface area contributed by atoms with E-state index in [2.05, 4.69) is 271 Å². The molecule has 316 valence electrons. The molecule has 3 aliphatic rings. The van der Waals surface area contributed by atoms with Gasteiger partial charge in [-0.25, -0.2) is 0 Å². The number of anilines is 7. The van der Waals surface area contributed by atoms with Gasteiger partial charge >= 0.3 is 6.98 Å². The molecule has 10 aromatic rings. The normalized spacial score (nSPS) is 13.6. The van der Waals surface area contributed by atoms with Gasteiger partial charge in [-0.2, -0.15) is 0 Å². The Morgan fingerprint density at radius 3 is 1.34 bits per heavy atom. The van der Waals surface area contributed by atoms with Crippen LogP contribution in [0.15, 0.2) is 243 Å². The maximum atomic E-state index is 2.54. The van der Waals surface area contributed by atoms with Gasteiger partial charge in [-0.3, -0.25) is 0 Å². The molecule has 10 aromatic carbocycles. The van der Waals surface area contributed by atoms with Crippen LogP contribution in [0.3, 0.4) is 0 Å². The summed E-state index contributed by atoms with van der Waals surface area (Å²) in [6.07, 6.45) is 0. The first-order valence-corrected chi connectivity index (χ1v) is 23.4. The van der Waals surface area contributed by atoms with E-state index in [9.17, 15) is 0 Å². The van der Waals surface area contributed by atoms with Crippen LogP contribution in [0.2, 0.25) is 0 Å². The molecule has 0 saturated carbocycles. The minimum absolute atomic E-state index is 0.117. The first-order valence-electron chi connectivity index (χ1n) is 23.4. The van der Waals surface area contributed by atoms with Gasteiger partial charge in [0, 0.05) is 56.2 Å². The fourth-order valence-corrected chi connectivity index (χ4v) is 11.3. The van der Waals surface area contributed by atoms with Crippen LogP contribution in [0.25, 0.3) is 55.6 Å². The topological polar surface area (TPSA) is 9.72 Å². The fourth-order valence-electron chi connectivity index (χ4n) is 11.3. The summed E-state index contributed by atoms with van der Waals surface area (Å²) in [7, 11) is 0. The van der Waals surface area contributed by atoms with Crippen molar-refractivity contribution in [3.05, 3.63) is 254 Å². The Morgan fingerprint density at radius 1 is 0.358 bits per heavy atom. The van der Waals surface area contributed by atoms with Crippen molar-refractivity contribution in [1.82, 2.24) is 0 Å². The van der Waals surface area contributed by atoms with E-state index in [1.54, 1.807) is 0 Å². The lowest BCUT2D eigenvalue weighted by Gasteiger charge is -2.47. The Morgan fingerprint density at radius 2 is 0.791 bits per heavy atom. The highest BCUT2D eigenvalue weighted by molar-refractivity contribution is 6.86. The highest BCUT2D eigenvalue weighted by atomic mass is 15.2. The van der Waals surface area contributed by atoms with Gasteiger partial charge in [0.1, 0.15) is 0 Å². The number of rotatable bonds is 7. The summed E-state index contributed by atoms with van der Waals surface area (Å²) in [5.74, 6) is 0. The molecule has 0 spiro atoms. The lowest BCUT2D eigenvalue weighted by molar-refractivity contribution is 0.660. The lowest BCUT2D eigenvalue weighted by Crippen LogP contribution is -2.61. The number of fused-ring (bicyclic) bond motifs is 7. The number of para-hydroxylation sites is 4. The average Bonchev–Trinajstić information content (AvgIpc) is 3.63. The summed E-state index contributed by atoms with van der Waals surface area (Å²) in [4.78, 5) is 7.54. The molecule has 1 aliphatic carbocycles. The molecule has 13 rings (SSSR count). The molecule has 3 nitrogen and oxygen atoms in total. The largest absolute Gasteiger partial charge is 0.421 e. The van der Waals surface area contributed by atoms with E-state index in [4.69, 9.17) is 0 Å². The SMILES string of the molecule is CC1(C)c2ccccc2-c2c(N(c3ccc(-c4ccccc4)cc3)c3ccc(-c4cc5c6c(c4)-c4ccccc4N(c4ccccc4)B6N(c4ccccc4)c4ccccc4-5)cc3)cccc21. The quantitative estimate of drug-likeness (QED) is 0.148. The van der Waals surface area contributed by atoms with Crippen LogP contribution in [-0.2, 0) is 5.41 Å². The fraction of sp³-hybridized carbons (Fsp3) is 0.0476. The van der Waals surface area contributed by atoms with E-state index < -0.39 is 0 Å². The highest BCUT2D eigenvalue weighted by Crippen LogP contribution is 2.55. The van der Waals surface area contributed by atoms with Crippen LogP contribution in [0.1, 0.15) is 25.0 Å². The summed E-state index contributed by atoms with van der Waals surface area (Å²) >= 11 is 0. The van der Waals surface area contributed by atoms with Gasteiger partial charge in [0.15, 0.2) is 0 Å². The third-order valence-electron chi connectivity index (χ3n) is 14.4. The number of benzene rings is 10. The van der Waals surface area contributed by atoms with E-state index in [0.29, 0.717) is 0 Å². The van der Waals surface area contributed by atoms with Gasteiger partial charge < -0.3 is 14.5 Å². The third kappa shape index (κ3) is 6.13. The van der Waals surface area contributed by atoms with Crippen molar-refractivity contribution in [1.29, 1.82) is 0 Å². The molecule has 0 aromatic heterocycles. The molecule has 0 amide bonds. The van der Waals surface area contributed by atoms with Crippen LogP contribution >= 0.6 is 0 Å². The first kappa shape index (κ1) is 39.1. The Kier molecular flexibility index (Phi) is 8.98. The van der Waals surface area contributed by atoms with E-state index in [1.165, 1.54) is 89.3 Å². The van der Waals surface area contributed by atoms with Crippen molar-refractivity contribution in [3.8, 4) is 55.6 Å². The molecule has 67 heavy (non-hydrogen) atoms. The molecule has 2 heterocycles. The Labute approximate surface area is 393 Å². The minimum atomic E-state index is -0.124. The van der Waals surface area contributed by atoms with Crippen LogP contribution < -0.4 is 20.0 Å². The molecular weight excluding hydrogens is 810 g/mol. The zero-order valence-corrected chi connectivity index (χ0v) is 37.5. The molecule has 0 radical (unpaired) electrons. The molecule has 0 unspecified atom stereocenters. The van der Waals surface area contributed by atoms with Gasteiger partial charge in [-0.1, -0.05) is 178 Å². The molecule has 0 N–H and O–H groups in total. The molecule has 0 bridgehead atoms. The van der Waals surface area contributed by atoms with E-state index in [0.717, 1.165) is 22.7 Å². The molecule has 4 heteroatoms.